The van der Waals surface area contributed by atoms with Crippen LogP contribution in [-0.4, -0.2) is 287 Å². The van der Waals surface area contributed by atoms with Crippen molar-refractivity contribution in [2.24, 2.45) is 0 Å². The molecule has 0 radical (unpaired) electrons. The second-order valence-corrected chi connectivity index (χ2v) is 34.2. The van der Waals surface area contributed by atoms with Crippen molar-refractivity contribution in [3.8, 4) is 18.0 Å². The molecule has 30 nitrogen and oxygen atoms in total. The number of piperazine rings is 3. The fraction of sp³-hybridized carbons (Fsp3) is 0.457. The van der Waals surface area contributed by atoms with Crippen molar-refractivity contribution in [3.05, 3.63) is 214 Å². The minimum absolute atomic E-state index is 0. The first-order valence-electron chi connectivity index (χ1n) is 43.7. The molecule has 3 atom stereocenters. The number of amides is 3. The average Bonchev–Trinajstić information content (AvgIpc) is 1.65. The highest BCUT2D eigenvalue weighted by Crippen LogP contribution is 2.42. The van der Waals surface area contributed by atoms with Crippen LogP contribution in [0.5, 0.6) is 18.0 Å². The van der Waals surface area contributed by atoms with Gasteiger partial charge in [-0.25, -0.2) is 24.1 Å². The predicted octanol–water partition coefficient (Wildman–Crippen LogP) is 11.0. The number of hydrogen-bond donors (Lipinski definition) is 0. The summed E-state index contributed by atoms with van der Waals surface area (Å²) < 4.78 is 33.5. The molecule has 9 aliphatic rings. The molecule has 0 N–H and O–H groups in total. The van der Waals surface area contributed by atoms with Crippen molar-refractivity contribution in [2.45, 2.75) is 121 Å². The Labute approximate surface area is 779 Å². The van der Waals surface area contributed by atoms with Gasteiger partial charge in [-0.1, -0.05) is 73.8 Å². The number of nitrogens with zero attached hydrogens (tertiary/aromatic N) is 24. The summed E-state index contributed by atoms with van der Waals surface area (Å²) in [5.41, 5.74) is 9.95. The van der Waals surface area contributed by atoms with Crippen LogP contribution in [0, 0.1) is 32.5 Å². The number of benzene rings is 3. The first kappa shape index (κ1) is 95.2. The van der Waals surface area contributed by atoms with Gasteiger partial charge in [0.15, 0.2) is 0 Å². The molecular formula is C94H114ClFN24O6S3. The molecule has 3 amide bonds. The second-order valence-electron chi connectivity index (χ2n) is 33.8. The SMILES string of the molecule is S.S.S.[C-]#[N+]C[C@H]1CN(c2nc(OCCN(C)C3CC3)nc3c2CCN(c2cncc4cccc(C)c24)C3)CCN1C(=O)C=C.[C-]#[N+]C[C@H]1CN(c2nc(OCCN(C)C3CC3)nc3c2CCN(c2cncc4cccc(Cl)c24)C3)CCN1C(=O)C=C.[C-]#[N+]C[C@H]1CN(c2nc(OCCN(C)C3CC3)nc3c2CCN(c2cncc4cccc(F)c24)C3)CCN1C(=O)C=C. The zero-order valence-corrected chi connectivity index (χ0v) is 77.5. The summed E-state index contributed by atoms with van der Waals surface area (Å²) in [5.74, 6) is 1.76. The molecule has 12 heterocycles. The van der Waals surface area contributed by atoms with E-state index in [0.717, 1.165) is 135 Å². The highest BCUT2D eigenvalue weighted by Gasteiger charge is 2.41. The van der Waals surface area contributed by atoms with Crippen LogP contribution in [0.1, 0.15) is 77.9 Å². The van der Waals surface area contributed by atoms with Gasteiger partial charge in [0.05, 0.1) is 77.4 Å². The van der Waals surface area contributed by atoms with E-state index < -0.39 is 0 Å². The Balaban J connectivity index is 0.000000163. The Morgan fingerprint density at radius 3 is 1.12 bits per heavy atom. The van der Waals surface area contributed by atoms with Crippen LogP contribution >= 0.6 is 52.1 Å². The molecule has 6 aromatic heterocycles. The fourth-order valence-corrected chi connectivity index (χ4v) is 18.6. The molecule has 6 fully saturated rings. The lowest BCUT2D eigenvalue weighted by molar-refractivity contribution is -0.129. The quantitative estimate of drug-likeness (QED) is 0.0343. The van der Waals surface area contributed by atoms with Crippen molar-refractivity contribution in [2.75, 3.05) is 188 Å². The number of aromatic nitrogens is 9. The van der Waals surface area contributed by atoms with Crippen LogP contribution < -0.4 is 43.6 Å². The molecule has 3 aliphatic carbocycles. The van der Waals surface area contributed by atoms with Crippen LogP contribution in [-0.2, 0) is 53.3 Å². The number of rotatable bonds is 27. The van der Waals surface area contributed by atoms with Gasteiger partial charge in [-0.2, -0.15) is 70.4 Å². The Morgan fingerprint density at radius 1 is 0.450 bits per heavy atom. The molecule has 0 unspecified atom stereocenters. The van der Waals surface area contributed by atoms with Crippen molar-refractivity contribution in [3.63, 3.8) is 0 Å². The maximum Gasteiger partial charge on any atom is 0.318 e. The molecule has 0 bridgehead atoms. The molecule has 129 heavy (non-hydrogen) atoms. The highest BCUT2D eigenvalue weighted by molar-refractivity contribution is 7.59. The van der Waals surface area contributed by atoms with Gasteiger partial charge in [0.2, 0.25) is 37.4 Å². The summed E-state index contributed by atoms with van der Waals surface area (Å²) in [6, 6.07) is 19.5. The lowest BCUT2D eigenvalue weighted by Crippen LogP contribution is -2.56. The van der Waals surface area contributed by atoms with Gasteiger partial charge in [-0.05, 0) is 122 Å². The number of hydrogen-bond acceptors (Lipinski definition) is 24. The van der Waals surface area contributed by atoms with Crippen molar-refractivity contribution >= 4 is 137 Å². The summed E-state index contributed by atoms with van der Waals surface area (Å²) in [7, 11) is 6.37. The zero-order valence-electron chi connectivity index (χ0n) is 73.8. The molecule has 9 aromatic rings. The number of carbonyl (C=O) groups is 3. The van der Waals surface area contributed by atoms with Crippen LogP contribution in [0.25, 0.3) is 46.9 Å². The van der Waals surface area contributed by atoms with Gasteiger partial charge >= 0.3 is 18.0 Å². The van der Waals surface area contributed by atoms with Crippen LogP contribution in [0.3, 0.4) is 0 Å². The monoisotopic (exact) mass is 1820 g/mol. The van der Waals surface area contributed by atoms with E-state index in [-0.39, 0.29) is 102 Å². The molecule has 18 rings (SSSR count). The van der Waals surface area contributed by atoms with Gasteiger partial charge < -0.3 is 87.5 Å². The summed E-state index contributed by atoms with van der Waals surface area (Å²) in [6.45, 7) is 48.7. The number of ether oxygens (including phenoxy) is 3. The lowest BCUT2D eigenvalue weighted by atomic mass is 10.0. The summed E-state index contributed by atoms with van der Waals surface area (Å²) in [4.78, 5) is 117. The zero-order chi connectivity index (χ0) is 87.6. The van der Waals surface area contributed by atoms with Crippen LogP contribution in [0.4, 0.5) is 38.9 Å². The van der Waals surface area contributed by atoms with E-state index in [9.17, 15) is 18.8 Å². The maximum atomic E-state index is 15.0. The Hall–Kier alpha value is -11.4. The minimum Gasteiger partial charge on any atom is -0.462 e. The summed E-state index contributed by atoms with van der Waals surface area (Å²) in [5, 5.41) is 6.32. The van der Waals surface area contributed by atoms with E-state index in [0.29, 0.717) is 158 Å². The molecule has 3 saturated heterocycles. The number of fused-ring (bicyclic) bond motifs is 6. The maximum absolute atomic E-state index is 15.0. The van der Waals surface area contributed by atoms with Crippen molar-refractivity contribution < 1.29 is 33.0 Å². The highest BCUT2D eigenvalue weighted by atomic mass is 35.5. The van der Waals surface area contributed by atoms with E-state index in [4.69, 9.17) is 75.4 Å². The van der Waals surface area contributed by atoms with Crippen LogP contribution in [0.15, 0.2) is 130 Å². The molecule has 35 heteroatoms. The normalized spacial score (nSPS) is 18.2. The fourth-order valence-electron chi connectivity index (χ4n) is 18.3. The number of anilines is 6. The molecular weight excluding hydrogens is 1710 g/mol. The number of aryl methyl sites for hydroxylation is 1. The van der Waals surface area contributed by atoms with E-state index in [1.165, 1.54) is 73.8 Å². The number of carbonyl (C=O) groups excluding carboxylic acids is 3. The molecule has 3 saturated carbocycles. The molecule has 3 aromatic carbocycles. The lowest BCUT2D eigenvalue weighted by Gasteiger charge is -2.41. The minimum atomic E-state index is -0.277. The number of pyridine rings is 3. The molecule has 0 spiro atoms. The third-order valence-corrected chi connectivity index (χ3v) is 26.0. The predicted molar refractivity (Wildman–Crippen MR) is 518 cm³/mol. The Morgan fingerprint density at radius 2 is 0.775 bits per heavy atom. The van der Waals surface area contributed by atoms with Crippen LogP contribution in [0.2, 0.25) is 5.02 Å². The number of likely N-dealkylation sites (N-methyl/N-ethyl adjacent to an activating group) is 3. The Kier molecular flexibility index (Phi) is 32.0. The second kappa shape index (κ2) is 43.3. The van der Waals surface area contributed by atoms with E-state index in [2.05, 4.69) is 140 Å². The summed E-state index contributed by atoms with van der Waals surface area (Å²) >= 11 is 6.66. The standard InChI is InChI=1S/C32H38N8O2.C31H35ClN8O2.C31H35FN8O2.3H2S/c1-5-29(41)40-14-13-39(20-25(40)18-33-3)31-26-11-12-38(28-19-34-17-23-8-6-7-22(2)30(23)28)21-27(26)35-32(36-31)42-16-15-37(4)24-9-10-24;2*1-4-28(41)40-13-12-39(19-23(40)17-33-2)30-24-10-11-38(27-18-34-16-21-6-5-7-25(32)29(21)27)20-26(24)35-31(36-30)42-15-14-37(3)22-8-9-22;;;/h5-8,17,19,24-25H,1,9-16,18,20-21H2,2,4H3;2*4-7,16,18,22-23H,1,8-15,17,19-20H2,3H3;3*1H2/t25-;2*23-;;;/m000.../s1. The smallest absolute Gasteiger partial charge is 0.318 e. The van der Waals surface area contributed by atoms with Crippen molar-refractivity contribution in [1.82, 2.24) is 74.3 Å². The third-order valence-electron chi connectivity index (χ3n) is 25.6. The van der Waals surface area contributed by atoms with Crippen molar-refractivity contribution in [1.29, 1.82) is 0 Å². The Bertz CT molecular complexity index is 5160. The third kappa shape index (κ3) is 21.9. The van der Waals surface area contributed by atoms with Gasteiger partial charge in [0.25, 0.3) is 0 Å². The molecule has 6 aliphatic heterocycles. The largest absolute Gasteiger partial charge is 0.462 e. The van der Waals surface area contributed by atoms with E-state index >= 15 is 0 Å². The average molecular weight is 1830 g/mol. The first-order chi connectivity index (χ1) is 61.4. The van der Waals surface area contributed by atoms with E-state index in [1.54, 1.807) is 33.2 Å². The topological polar surface area (TPSA) is 247 Å². The van der Waals surface area contributed by atoms with Gasteiger partial charge in [-0.15, -0.1) is 0 Å². The van der Waals surface area contributed by atoms with E-state index in [1.807, 2.05) is 49.1 Å². The van der Waals surface area contributed by atoms with Gasteiger partial charge in [-0.3, -0.25) is 29.3 Å². The van der Waals surface area contributed by atoms with Gasteiger partial charge in [0, 0.05) is 184 Å². The summed E-state index contributed by atoms with van der Waals surface area (Å²) in [6.07, 6.45) is 24.5. The number of halogens is 2. The molecule has 678 valence electrons. The first-order valence-corrected chi connectivity index (χ1v) is 44.1. The van der Waals surface area contributed by atoms with Gasteiger partial charge in [0.1, 0.15) is 61.2 Å².